The summed E-state index contributed by atoms with van der Waals surface area (Å²) in [7, 11) is 0. The van der Waals surface area contributed by atoms with Gasteiger partial charge in [0, 0.05) is 12.6 Å². The Hall–Kier alpha value is -3.57. The summed E-state index contributed by atoms with van der Waals surface area (Å²) in [6, 6.07) is 10.3. The fourth-order valence-electron chi connectivity index (χ4n) is 5.00. The number of cyclic esters (lactones) is 1. The van der Waals surface area contributed by atoms with Crippen LogP contribution in [0.5, 0.6) is 0 Å². The van der Waals surface area contributed by atoms with Crippen molar-refractivity contribution in [2.45, 2.75) is 57.4 Å². The lowest BCUT2D eigenvalue weighted by Gasteiger charge is -2.41. The summed E-state index contributed by atoms with van der Waals surface area (Å²) in [5.41, 5.74) is 0.149. The van der Waals surface area contributed by atoms with Gasteiger partial charge in [-0.1, -0.05) is 30.3 Å². The zero-order valence-corrected chi connectivity index (χ0v) is 22.7. The van der Waals surface area contributed by atoms with Crippen LogP contribution in [0.25, 0.3) is 0 Å². The van der Waals surface area contributed by atoms with E-state index < -0.39 is 59.4 Å². The molecule has 4 unspecified atom stereocenters. The summed E-state index contributed by atoms with van der Waals surface area (Å²) in [6.07, 6.45) is -3.15. The molecule has 4 atom stereocenters. The number of hydrogen-bond donors (Lipinski definition) is 1. The summed E-state index contributed by atoms with van der Waals surface area (Å²) in [5, 5.41) is 11.6. The largest absolute Gasteiger partial charge is 0.447 e. The first-order chi connectivity index (χ1) is 18.9. The molecule has 2 aliphatic rings. The van der Waals surface area contributed by atoms with E-state index in [1.807, 2.05) is 30.3 Å². The van der Waals surface area contributed by atoms with E-state index in [2.05, 4.69) is 0 Å². The third-order valence-electron chi connectivity index (χ3n) is 6.81. The minimum absolute atomic E-state index is 0.0482. The van der Waals surface area contributed by atoms with Crippen LogP contribution in [0.1, 0.15) is 31.9 Å². The topological polar surface area (TPSA) is 106 Å². The molecule has 2 heterocycles. The molecule has 9 nitrogen and oxygen atoms in total. The Morgan fingerprint density at radius 2 is 1.75 bits per heavy atom. The maximum Gasteiger partial charge on any atom is 0.416 e. The van der Waals surface area contributed by atoms with Crippen molar-refractivity contribution in [1.29, 1.82) is 0 Å². The van der Waals surface area contributed by atoms with Gasteiger partial charge in [-0.2, -0.15) is 0 Å². The second-order valence-electron chi connectivity index (χ2n) is 11.0. The van der Waals surface area contributed by atoms with Crippen molar-refractivity contribution in [3.63, 3.8) is 0 Å². The van der Waals surface area contributed by atoms with Crippen molar-refractivity contribution < 1.29 is 42.5 Å². The number of carbonyl (C=O) groups excluding carboxylic acids is 3. The molecule has 1 N–H and O–H groups in total. The summed E-state index contributed by atoms with van der Waals surface area (Å²) >= 11 is 0. The van der Waals surface area contributed by atoms with Crippen LogP contribution in [0.15, 0.2) is 48.5 Å². The minimum Gasteiger partial charge on any atom is -0.447 e. The Balaban J connectivity index is 1.66. The standard InChI is InChI=1S/C29H34F2N2O7/c1-29(2,3)40-27(36)32-9-10-38-17-24(32)25(34)23(14-19-11-20(30)15-21(31)12-19)26(35)33-22(16-39-28(33)37)13-18-7-5-4-6-8-18/h4-8,11-12,15,22-25,34H,9-10,13-14,16-17H2,1-3H3. The molecule has 0 radical (unpaired) electrons. The molecule has 0 aromatic heterocycles. The molecule has 0 saturated carbocycles. The molecule has 3 amide bonds. The first-order valence-electron chi connectivity index (χ1n) is 13.2. The number of morpholine rings is 1. The Morgan fingerprint density at radius 1 is 1.07 bits per heavy atom. The summed E-state index contributed by atoms with van der Waals surface area (Å²) < 4.78 is 44.4. The molecular weight excluding hydrogens is 526 g/mol. The van der Waals surface area contributed by atoms with E-state index in [1.165, 1.54) is 4.90 Å². The Morgan fingerprint density at radius 3 is 2.40 bits per heavy atom. The summed E-state index contributed by atoms with van der Waals surface area (Å²) in [4.78, 5) is 42.0. The van der Waals surface area contributed by atoms with Gasteiger partial charge in [-0.15, -0.1) is 0 Å². The van der Waals surface area contributed by atoms with Crippen LogP contribution in [-0.2, 0) is 31.8 Å². The highest BCUT2D eigenvalue weighted by Gasteiger charge is 2.47. The van der Waals surface area contributed by atoms with Crippen molar-refractivity contribution >= 4 is 18.1 Å². The number of ether oxygens (including phenoxy) is 3. The molecule has 11 heteroatoms. The van der Waals surface area contributed by atoms with Crippen molar-refractivity contribution in [1.82, 2.24) is 9.80 Å². The third kappa shape index (κ3) is 7.14. The second-order valence-corrected chi connectivity index (χ2v) is 11.0. The molecule has 4 rings (SSSR count). The number of rotatable bonds is 7. The van der Waals surface area contributed by atoms with E-state index in [0.717, 1.165) is 22.6 Å². The molecular formula is C29H34F2N2O7. The van der Waals surface area contributed by atoms with Crippen LogP contribution in [0, 0.1) is 17.6 Å². The fourth-order valence-corrected chi connectivity index (χ4v) is 5.00. The van der Waals surface area contributed by atoms with Gasteiger partial charge in [0.15, 0.2) is 0 Å². The number of hydrogen-bond acceptors (Lipinski definition) is 7. The predicted molar refractivity (Wildman–Crippen MR) is 139 cm³/mol. The number of nitrogens with zero attached hydrogens (tertiary/aromatic N) is 2. The van der Waals surface area contributed by atoms with Crippen LogP contribution >= 0.6 is 0 Å². The highest BCUT2D eigenvalue weighted by atomic mass is 19.1. The van der Waals surface area contributed by atoms with Gasteiger partial charge in [0.2, 0.25) is 5.91 Å². The van der Waals surface area contributed by atoms with E-state index >= 15 is 0 Å². The zero-order chi connectivity index (χ0) is 29.0. The van der Waals surface area contributed by atoms with E-state index in [-0.39, 0.29) is 38.3 Å². The number of halogens is 2. The normalized spacial score (nSPS) is 21.1. The summed E-state index contributed by atoms with van der Waals surface area (Å²) in [6.45, 7) is 5.23. The third-order valence-corrected chi connectivity index (χ3v) is 6.81. The van der Waals surface area contributed by atoms with Gasteiger partial charge in [-0.25, -0.2) is 23.3 Å². The van der Waals surface area contributed by atoms with Crippen LogP contribution in [0.2, 0.25) is 0 Å². The number of aliphatic hydroxyl groups is 1. The maximum atomic E-state index is 14.1. The average Bonchev–Trinajstić information content (AvgIpc) is 3.25. The zero-order valence-electron chi connectivity index (χ0n) is 22.7. The maximum absolute atomic E-state index is 14.1. The molecule has 0 bridgehead atoms. The van der Waals surface area contributed by atoms with E-state index in [9.17, 15) is 28.3 Å². The molecule has 2 aliphatic heterocycles. The lowest BCUT2D eigenvalue weighted by molar-refractivity contribution is -0.142. The Kier molecular flexibility index (Phi) is 9.05. The van der Waals surface area contributed by atoms with Gasteiger partial charge in [0.25, 0.3) is 0 Å². The SMILES string of the molecule is CC(C)(C)OC(=O)N1CCOCC1C(O)C(Cc1cc(F)cc(F)c1)C(=O)N1C(=O)OCC1Cc1ccccc1. The molecule has 2 fully saturated rings. The van der Waals surface area contributed by atoms with Gasteiger partial charge in [-0.3, -0.25) is 9.69 Å². The predicted octanol–water partition coefficient (Wildman–Crippen LogP) is 3.71. The van der Waals surface area contributed by atoms with Crippen LogP contribution in [0.3, 0.4) is 0 Å². The van der Waals surface area contributed by atoms with Crippen molar-refractivity contribution in [2.24, 2.45) is 5.92 Å². The van der Waals surface area contributed by atoms with Gasteiger partial charge >= 0.3 is 12.2 Å². The van der Waals surface area contributed by atoms with Gasteiger partial charge in [-0.05, 0) is 56.9 Å². The first kappa shape index (κ1) is 29.4. The lowest BCUT2D eigenvalue weighted by Crippen LogP contribution is -2.59. The van der Waals surface area contributed by atoms with Gasteiger partial charge < -0.3 is 19.3 Å². The van der Waals surface area contributed by atoms with Crippen molar-refractivity contribution in [2.75, 3.05) is 26.4 Å². The molecule has 2 aromatic carbocycles. The van der Waals surface area contributed by atoms with E-state index in [0.29, 0.717) is 12.5 Å². The second kappa shape index (κ2) is 12.3. The number of carbonyl (C=O) groups is 3. The summed E-state index contributed by atoms with van der Waals surface area (Å²) in [5.74, 6) is -3.86. The minimum atomic E-state index is -1.57. The highest BCUT2D eigenvalue weighted by Crippen LogP contribution is 2.28. The van der Waals surface area contributed by atoms with Gasteiger partial charge in [0.05, 0.1) is 37.3 Å². The van der Waals surface area contributed by atoms with Gasteiger partial charge in [0.1, 0.15) is 23.8 Å². The fraction of sp³-hybridized carbons (Fsp3) is 0.483. The molecule has 0 spiro atoms. The van der Waals surface area contributed by atoms with E-state index in [4.69, 9.17) is 14.2 Å². The van der Waals surface area contributed by atoms with Crippen molar-refractivity contribution in [3.8, 4) is 0 Å². The molecule has 2 saturated heterocycles. The molecule has 2 aromatic rings. The molecule has 40 heavy (non-hydrogen) atoms. The molecule has 216 valence electrons. The van der Waals surface area contributed by atoms with E-state index in [1.54, 1.807) is 20.8 Å². The van der Waals surface area contributed by atoms with Crippen molar-refractivity contribution in [3.05, 3.63) is 71.3 Å². The monoisotopic (exact) mass is 560 g/mol. The molecule has 0 aliphatic carbocycles. The highest BCUT2D eigenvalue weighted by molar-refractivity contribution is 5.95. The number of benzene rings is 2. The lowest BCUT2D eigenvalue weighted by atomic mass is 9.87. The van der Waals surface area contributed by atoms with Crippen LogP contribution in [0.4, 0.5) is 18.4 Å². The van der Waals surface area contributed by atoms with Crippen LogP contribution in [-0.4, -0.2) is 83.2 Å². The smallest absolute Gasteiger partial charge is 0.416 e. The Labute approximate surface area is 231 Å². The number of aliphatic hydroxyl groups excluding tert-OH is 1. The average molecular weight is 561 g/mol. The van der Waals surface area contributed by atoms with Crippen LogP contribution < -0.4 is 0 Å². The quantitative estimate of drug-likeness (QED) is 0.551. The first-order valence-corrected chi connectivity index (χ1v) is 13.2. The number of imide groups is 1. The number of amides is 3. The Bertz CT molecular complexity index is 1200.